The smallest absolute Gasteiger partial charge is 0.322 e. The molecular formula is C15H22N6O3S. The molecule has 0 aliphatic carbocycles. The highest BCUT2D eigenvalue weighted by atomic mass is 32.2. The highest BCUT2D eigenvalue weighted by Gasteiger charge is 2.47. The van der Waals surface area contributed by atoms with Gasteiger partial charge in [-0.15, -0.1) is 10.2 Å². The Morgan fingerprint density at radius 1 is 1.32 bits per heavy atom. The number of carbonyl (C=O) groups excluding carboxylic acids is 3. The standard InChI is InChI=1S/C15H22N6O3S/c1-3-15(2)12(23)21(13(24)16-15)19-11(22)9-25-14-18-17-10-7-5-4-6-8-20(10)14/h3-9H2,1-2H3,(H,16,24)(H,19,22)/t15-/m1/s1. The van der Waals surface area contributed by atoms with Crippen LogP contribution < -0.4 is 10.7 Å². The number of hydrogen-bond donors (Lipinski definition) is 2. The topological polar surface area (TPSA) is 109 Å². The van der Waals surface area contributed by atoms with Crippen molar-refractivity contribution in [2.75, 3.05) is 5.75 Å². The predicted molar refractivity (Wildman–Crippen MR) is 90.5 cm³/mol. The monoisotopic (exact) mass is 366 g/mol. The van der Waals surface area contributed by atoms with Crippen LogP contribution >= 0.6 is 11.8 Å². The summed E-state index contributed by atoms with van der Waals surface area (Å²) < 4.78 is 2.05. The molecule has 136 valence electrons. The van der Waals surface area contributed by atoms with Gasteiger partial charge in [0.05, 0.1) is 5.75 Å². The van der Waals surface area contributed by atoms with Gasteiger partial charge in [0.1, 0.15) is 11.4 Å². The Morgan fingerprint density at radius 3 is 2.84 bits per heavy atom. The fourth-order valence-electron chi connectivity index (χ4n) is 2.88. The van der Waals surface area contributed by atoms with E-state index in [1.807, 2.05) is 4.57 Å². The summed E-state index contributed by atoms with van der Waals surface area (Å²) in [6.45, 7) is 4.30. The normalized spacial score (nSPS) is 23.2. The summed E-state index contributed by atoms with van der Waals surface area (Å²) >= 11 is 1.26. The van der Waals surface area contributed by atoms with Gasteiger partial charge < -0.3 is 9.88 Å². The number of thioether (sulfide) groups is 1. The SMILES string of the molecule is CC[C@@]1(C)NC(=O)N(NC(=O)CSc2nnc3n2CCCCC3)C1=O. The first-order valence-electron chi connectivity index (χ1n) is 8.45. The first kappa shape index (κ1) is 17.7. The van der Waals surface area contributed by atoms with E-state index < -0.39 is 23.4 Å². The van der Waals surface area contributed by atoms with Crippen molar-refractivity contribution >= 4 is 29.6 Å². The summed E-state index contributed by atoms with van der Waals surface area (Å²) in [4.78, 5) is 36.3. The number of amides is 4. The van der Waals surface area contributed by atoms with E-state index in [9.17, 15) is 14.4 Å². The molecule has 2 N–H and O–H groups in total. The zero-order valence-electron chi connectivity index (χ0n) is 14.4. The van der Waals surface area contributed by atoms with Crippen LogP contribution in [0.15, 0.2) is 5.16 Å². The first-order valence-corrected chi connectivity index (χ1v) is 9.44. The third-order valence-corrected chi connectivity index (χ3v) is 5.58. The quantitative estimate of drug-likeness (QED) is 0.591. The predicted octanol–water partition coefficient (Wildman–Crippen LogP) is 0.848. The number of fused-ring (bicyclic) bond motifs is 1. The molecule has 0 spiro atoms. The molecule has 0 bridgehead atoms. The highest BCUT2D eigenvalue weighted by molar-refractivity contribution is 7.99. The van der Waals surface area contributed by atoms with Crippen LogP contribution in [0.5, 0.6) is 0 Å². The van der Waals surface area contributed by atoms with Crippen molar-refractivity contribution in [3.63, 3.8) is 0 Å². The number of hydrazine groups is 1. The highest BCUT2D eigenvalue weighted by Crippen LogP contribution is 2.22. The van der Waals surface area contributed by atoms with Gasteiger partial charge in [0.15, 0.2) is 5.16 Å². The molecule has 1 aromatic heterocycles. The number of imide groups is 1. The van der Waals surface area contributed by atoms with E-state index in [4.69, 9.17) is 0 Å². The van der Waals surface area contributed by atoms with Crippen molar-refractivity contribution in [1.82, 2.24) is 30.5 Å². The van der Waals surface area contributed by atoms with Crippen molar-refractivity contribution in [1.29, 1.82) is 0 Å². The molecule has 0 unspecified atom stereocenters. The zero-order valence-corrected chi connectivity index (χ0v) is 15.2. The second kappa shape index (κ2) is 7.03. The molecule has 9 nitrogen and oxygen atoms in total. The van der Waals surface area contributed by atoms with Gasteiger partial charge in [-0.2, -0.15) is 5.01 Å². The summed E-state index contributed by atoms with van der Waals surface area (Å²) in [6, 6.07) is -0.607. The molecular weight excluding hydrogens is 344 g/mol. The van der Waals surface area contributed by atoms with Crippen molar-refractivity contribution in [3.05, 3.63) is 5.82 Å². The minimum absolute atomic E-state index is 0.0536. The summed E-state index contributed by atoms with van der Waals surface area (Å²) in [6.07, 6.45) is 4.69. The molecule has 1 saturated heterocycles. The summed E-state index contributed by atoms with van der Waals surface area (Å²) in [7, 11) is 0. The molecule has 3 rings (SSSR count). The van der Waals surface area contributed by atoms with E-state index >= 15 is 0 Å². The lowest BCUT2D eigenvalue weighted by Gasteiger charge is -2.19. The fraction of sp³-hybridized carbons (Fsp3) is 0.667. The van der Waals surface area contributed by atoms with Crippen LogP contribution in [0.1, 0.15) is 45.4 Å². The molecule has 25 heavy (non-hydrogen) atoms. The Labute approximate surface area is 149 Å². The van der Waals surface area contributed by atoms with E-state index in [2.05, 4.69) is 20.9 Å². The van der Waals surface area contributed by atoms with Gasteiger partial charge in [0.25, 0.3) is 5.91 Å². The average Bonchev–Trinajstić information content (AvgIpc) is 2.95. The van der Waals surface area contributed by atoms with Crippen LogP contribution in [0, 0.1) is 0 Å². The maximum atomic E-state index is 12.3. The Balaban J connectivity index is 1.58. The van der Waals surface area contributed by atoms with Crippen LogP contribution in [-0.2, 0) is 22.6 Å². The number of carbonyl (C=O) groups is 3. The van der Waals surface area contributed by atoms with Gasteiger partial charge in [-0.1, -0.05) is 25.1 Å². The minimum atomic E-state index is -0.970. The first-order chi connectivity index (χ1) is 11.9. The van der Waals surface area contributed by atoms with Gasteiger partial charge in [0, 0.05) is 13.0 Å². The number of rotatable bonds is 5. The second-order valence-corrected chi connectivity index (χ2v) is 7.38. The van der Waals surface area contributed by atoms with Crippen LogP contribution in [0.25, 0.3) is 0 Å². The van der Waals surface area contributed by atoms with E-state index in [0.29, 0.717) is 11.6 Å². The average molecular weight is 366 g/mol. The maximum absolute atomic E-state index is 12.3. The van der Waals surface area contributed by atoms with Gasteiger partial charge in [-0.25, -0.2) is 4.79 Å². The Bertz CT molecular complexity index is 705. The van der Waals surface area contributed by atoms with Crippen molar-refractivity contribution < 1.29 is 14.4 Å². The van der Waals surface area contributed by atoms with Crippen LogP contribution in [0.2, 0.25) is 0 Å². The van der Waals surface area contributed by atoms with Gasteiger partial charge >= 0.3 is 6.03 Å². The maximum Gasteiger partial charge on any atom is 0.344 e. The number of urea groups is 1. The van der Waals surface area contributed by atoms with Gasteiger partial charge in [0.2, 0.25) is 5.91 Å². The van der Waals surface area contributed by atoms with E-state index in [-0.39, 0.29) is 5.75 Å². The molecule has 0 radical (unpaired) electrons. The number of aryl methyl sites for hydroxylation is 1. The molecule has 2 aliphatic rings. The molecule has 1 fully saturated rings. The lowest BCUT2D eigenvalue weighted by Crippen LogP contribution is -2.49. The second-order valence-electron chi connectivity index (χ2n) is 6.44. The molecule has 4 amide bonds. The zero-order chi connectivity index (χ0) is 18.0. The molecule has 0 saturated carbocycles. The lowest BCUT2D eigenvalue weighted by atomic mass is 10.00. The third-order valence-electron chi connectivity index (χ3n) is 4.61. The van der Waals surface area contributed by atoms with Crippen molar-refractivity contribution in [3.8, 4) is 0 Å². The number of aromatic nitrogens is 3. The largest absolute Gasteiger partial charge is 0.344 e. The fourth-order valence-corrected chi connectivity index (χ4v) is 3.65. The van der Waals surface area contributed by atoms with E-state index in [0.717, 1.165) is 43.1 Å². The summed E-state index contributed by atoms with van der Waals surface area (Å²) in [5, 5.41) is 12.4. The number of hydrogen-bond acceptors (Lipinski definition) is 6. The molecule has 1 atom stereocenters. The number of nitrogens with zero attached hydrogens (tertiary/aromatic N) is 4. The van der Waals surface area contributed by atoms with Crippen molar-refractivity contribution in [2.24, 2.45) is 0 Å². The minimum Gasteiger partial charge on any atom is -0.322 e. The molecule has 2 aliphatic heterocycles. The van der Waals surface area contributed by atoms with Gasteiger partial charge in [-0.05, 0) is 26.2 Å². The lowest BCUT2D eigenvalue weighted by molar-refractivity contribution is -0.137. The van der Waals surface area contributed by atoms with Crippen molar-refractivity contribution in [2.45, 2.75) is 63.2 Å². The Morgan fingerprint density at radius 2 is 2.12 bits per heavy atom. The number of nitrogens with one attached hydrogen (secondary N) is 2. The van der Waals surface area contributed by atoms with E-state index in [1.165, 1.54) is 11.8 Å². The summed E-state index contributed by atoms with van der Waals surface area (Å²) in [5.74, 6) is 0.126. The van der Waals surface area contributed by atoms with Crippen LogP contribution in [0.4, 0.5) is 4.79 Å². The van der Waals surface area contributed by atoms with Gasteiger partial charge in [-0.3, -0.25) is 15.0 Å². The molecule has 3 heterocycles. The Kier molecular flexibility index (Phi) is 4.98. The summed E-state index contributed by atoms with van der Waals surface area (Å²) in [5.41, 5.74) is 1.41. The Hall–Kier alpha value is -2.10. The molecule has 0 aromatic carbocycles. The van der Waals surface area contributed by atoms with Crippen LogP contribution in [-0.4, -0.2) is 48.9 Å². The third kappa shape index (κ3) is 3.48. The molecule has 1 aromatic rings. The molecule has 10 heteroatoms. The van der Waals surface area contributed by atoms with Crippen LogP contribution in [0.3, 0.4) is 0 Å². The van der Waals surface area contributed by atoms with E-state index in [1.54, 1.807) is 13.8 Å².